The lowest BCUT2D eigenvalue weighted by Crippen LogP contribution is -2.05. The maximum absolute atomic E-state index is 6.98. The molecule has 3 aromatic rings. The summed E-state index contributed by atoms with van der Waals surface area (Å²) in [6.07, 6.45) is 129. The minimum absolute atomic E-state index is 0.631. The molecule has 0 saturated carbocycles. The predicted octanol–water partition coefficient (Wildman–Crippen LogP) is 44.0. The highest BCUT2D eigenvalue weighted by Crippen LogP contribution is 2.37. The zero-order valence-corrected chi connectivity index (χ0v) is 93.0. The van der Waals surface area contributed by atoms with Crippen molar-refractivity contribution < 1.29 is 28.4 Å². The van der Waals surface area contributed by atoms with Gasteiger partial charge in [0.25, 0.3) is 0 Å². The first-order valence-corrected chi connectivity index (χ1v) is 62.4. The highest BCUT2D eigenvalue weighted by atomic mass is 16.5. The lowest BCUT2D eigenvalue weighted by molar-refractivity contribution is 0.258. The van der Waals surface area contributed by atoms with E-state index < -0.39 is 0 Å². The Morgan fingerprint density at radius 3 is 0.261 bits per heavy atom. The molecule has 1 aliphatic carbocycles. The van der Waals surface area contributed by atoms with Gasteiger partial charge in [-0.2, -0.15) is 0 Å². The van der Waals surface area contributed by atoms with Crippen LogP contribution >= 0.6 is 0 Å². The number of ether oxygens (including phenoxy) is 6. The molecule has 0 saturated heterocycles. The molecule has 792 valence electrons. The Kier molecular flexibility index (Phi) is 90.4. The number of hydrogen-bond acceptors (Lipinski definition) is 6. The first-order chi connectivity index (χ1) is 68.5. The van der Waals surface area contributed by atoms with Gasteiger partial charge in [-0.1, -0.05) is 655 Å². The van der Waals surface area contributed by atoms with Gasteiger partial charge < -0.3 is 28.4 Å². The van der Waals surface area contributed by atoms with Crippen molar-refractivity contribution in [2.45, 2.75) is 658 Å². The van der Waals surface area contributed by atoms with Gasteiger partial charge in [-0.05, 0) is 38.5 Å². The Morgan fingerprint density at radius 1 is 0.109 bits per heavy atom. The second kappa shape index (κ2) is 99.5. The van der Waals surface area contributed by atoms with Crippen LogP contribution in [0.1, 0.15) is 691 Å². The quantitative estimate of drug-likeness (QED) is 0.0324. The molecule has 0 N–H and O–H groups in total. The third-order valence-corrected chi connectivity index (χ3v) is 29.8. The van der Waals surface area contributed by atoms with E-state index in [0.717, 1.165) is 145 Å². The molecule has 0 spiro atoms. The van der Waals surface area contributed by atoms with Gasteiger partial charge in [0.1, 0.15) is 0 Å². The van der Waals surface area contributed by atoms with Crippen molar-refractivity contribution in [3.05, 3.63) is 69.8 Å². The van der Waals surface area contributed by atoms with Crippen molar-refractivity contribution in [2.75, 3.05) is 39.6 Å². The zero-order valence-electron chi connectivity index (χ0n) is 93.0. The molecule has 0 aliphatic heterocycles. The minimum Gasteiger partial charge on any atom is -0.490 e. The van der Waals surface area contributed by atoms with Gasteiger partial charge in [-0.15, -0.1) is 0 Å². The van der Waals surface area contributed by atoms with Gasteiger partial charge in [0, 0.05) is 69.8 Å². The summed E-state index contributed by atoms with van der Waals surface area (Å²) in [6, 6.07) is 12.9. The SMILES string of the molecule is CCCCCCCCCCCCCCCCCCOc1cc2c(cc1OCCCCCCCCCCCCCCCCCC)C#Cc1cc(OCCCCCCCCCCCCCCCCCC)c(OCCCCCCCCCCCCCCCCCC)cc1C#Cc1cc(OCCCCCCCCCCCCCCCCCC)c(OCCCCCCCCCCCCCCCCCC)cc1C#C2. The molecule has 3 aromatic carbocycles. The average Bonchev–Trinajstić information content (AvgIpc) is 0.795. The summed E-state index contributed by atoms with van der Waals surface area (Å²) in [5.74, 6) is 27.0. The van der Waals surface area contributed by atoms with Crippen molar-refractivity contribution in [1.82, 2.24) is 0 Å². The number of unbranched alkanes of at least 4 members (excludes halogenated alkanes) is 90. The number of hydrogen-bond donors (Lipinski definition) is 0. The lowest BCUT2D eigenvalue weighted by Gasteiger charge is -2.16. The van der Waals surface area contributed by atoms with Crippen molar-refractivity contribution in [3.63, 3.8) is 0 Å². The maximum atomic E-state index is 6.98. The van der Waals surface area contributed by atoms with E-state index in [1.165, 1.54) is 539 Å². The summed E-state index contributed by atoms with van der Waals surface area (Å²) in [5.41, 5.74) is 4.91. The van der Waals surface area contributed by atoms with E-state index in [1.54, 1.807) is 0 Å². The van der Waals surface area contributed by atoms with E-state index >= 15 is 0 Å². The van der Waals surface area contributed by atoms with E-state index in [0.29, 0.717) is 39.6 Å². The molecule has 4 rings (SSSR count). The second-order valence-electron chi connectivity index (χ2n) is 43.2. The van der Waals surface area contributed by atoms with E-state index in [1.807, 2.05) is 0 Å². The summed E-state index contributed by atoms with van der Waals surface area (Å²) in [6.45, 7) is 17.7. The first-order valence-electron chi connectivity index (χ1n) is 62.4. The molecular weight excluding hydrogens is 1680 g/mol. The highest BCUT2D eigenvalue weighted by molar-refractivity contribution is 5.68. The number of fused-ring (bicyclic) bond motifs is 3. The third kappa shape index (κ3) is 75.0. The maximum Gasteiger partial charge on any atom is 0.162 e. The van der Waals surface area contributed by atoms with Crippen LogP contribution < -0.4 is 28.4 Å². The molecule has 0 radical (unpaired) electrons. The Labute approximate surface area is 860 Å². The molecule has 0 unspecified atom stereocenters. The molecule has 0 bridgehead atoms. The van der Waals surface area contributed by atoms with Gasteiger partial charge in [0.15, 0.2) is 34.5 Å². The molecule has 0 aromatic heterocycles. The van der Waals surface area contributed by atoms with Crippen LogP contribution in [0.2, 0.25) is 0 Å². The molecule has 0 fully saturated rings. The Balaban J connectivity index is 1.72. The molecular formula is C132H228O6. The van der Waals surface area contributed by atoms with Crippen molar-refractivity contribution >= 4 is 0 Å². The average molecular weight is 1910 g/mol. The van der Waals surface area contributed by atoms with E-state index in [-0.39, 0.29) is 0 Å². The van der Waals surface area contributed by atoms with Crippen molar-refractivity contribution in [3.8, 4) is 70.0 Å². The summed E-state index contributed by atoms with van der Waals surface area (Å²) < 4.78 is 41.9. The third-order valence-electron chi connectivity index (χ3n) is 29.8. The molecule has 6 heteroatoms. The predicted molar refractivity (Wildman–Crippen MR) is 608 cm³/mol. The first kappa shape index (κ1) is 125. The van der Waals surface area contributed by atoms with Gasteiger partial charge >= 0.3 is 0 Å². The molecule has 0 atom stereocenters. The molecule has 0 heterocycles. The van der Waals surface area contributed by atoms with Gasteiger partial charge in [0.2, 0.25) is 0 Å². The highest BCUT2D eigenvalue weighted by Gasteiger charge is 2.19. The molecule has 6 nitrogen and oxygen atoms in total. The van der Waals surface area contributed by atoms with Crippen molar-refractivity contribution in [2.24, 2.45) is 0 Å². The fourth-order valence-electron chi connectivity index (χ4n) is 20.4. The van der Waals surface area contributed by atoms with Crippen LogP contribution in [0.3, 0.4) is 0 Å². The van der Waals surface area contributed by atoms with Crippen LogP contribution in [0.15, 0.2) is 36.4 Å². The van der Waals surface area contributed by atoms with Gasteiger partial charge in [-0.3, -0.25) is 0 Å². The fourth-order valence-corrected chi connectivity index (χ4v) is 20.4. The molecule has 138 heavy (non-hydrogen) atoms. The number of rotatable bonds is 108. The summed E-state index contributed by atoms with van der Waals surface area (Å²) in [5, 5.41) is 0. The van der Waals surface area contributed by atoms with Gasteiger partial charge in [0.05, 0.1) is 39.6 Å². The topological polar surface area (TPSA) is 55.4 Å². The van der Waals surface area contributed by atoms with Crippen LogP contribution in [0, 0.1) is 35.5 Å². The second-order valence-corrected chi connectivity index (χ2v) is 43.2. The molecule has 0 amide bonds. The van der Waals surface area contributed by atoms with Gasteiger partial charge in [-0.25, -0.2) is 0 Å². The van der Waals surface area contributed by atoms with Crippen LogP contribution in [-0.2, 0) is 0 Å². The summed E-state index contributed by atoms with van der Waals surface area (Å²) in [4.78, 5) is 0. The van der Waals surface area contributed by atoms with Crippen LogP contribution in [-0.4, -0.2) is 39.6 Å². The molecule has 1 aliphatic rings. The largest absolute Gasteiger partial charge is 0.490 e. The van der Waals surface area contributed by atoms with E-state index in [4.69, 9.17) is 28.4 Å². The fraction of sp³-hybridized carbons (Fsp3) is 0.818. The van der Waals surface area contributed by atoms with Crippen LogP contribution in [0.5, 0.6) is 34.5 Å². The summed E-state index contributed by atoms with van der Waals surface area (Å²) >= 11 is 0. The Bertz CT molecular complexity index is 2770. The van der Waals surface area contributed by atoms with E-state index in [2.05, 4.69) is 113 Å². The standard InChI is InChI=1S/C132H228O6/c1-7-13-19-25-31-37-43-49-55-61-67-73-79-85-91-97-109-133-127-115-121-103-104-123-117-129(135-111-99-93-87-81-75-69-63-57-51-45-39-33-27-21-15-9-3)131(137-113-101-95-89-83-77-71-65-59-53-47-41-35-29-23-17-11-5)119-125(123)107-108-126-120-132(138-114-102-96-90-84-78-72-66-60-54-48-42-36-30-24-18-12-6)130(136-112-100-94-88-82-76-70-64-58-52-46-40-34-28-22-16-10-4)118-124(126)106-105-122(121)116-128(127)134-110-98-92-86-80-74-68-62-56-50-44-38-32-26-20-14-8-2/h115-120H,7-102,109-114H2,1-6H3. The Hall–Kier alpha value is -4.86. The smallest absolute Gasteiger partial charge is 0.162 e. The normalized spacial score (nSPS) is 11.6. The monoisotopic (exact) mass is 1910 g/mol. The van der Waals surface area contributed by atoms with Crippen LogP contribution in [0.4, 0.5) is 0 Å². The van der Waals surface area contributed by atoms with E-state index in [9.17, 15) is 0 Å². The van der Waals surface area contributed by atoms with Crippen molar-refractivity contribution in [1.29, 1.82) is 0 Å². The number of benzene rings is 3. The Morgan fingerprint density at radius 2 is 0.181 bits per heavy atom. The minimum atomic E-state index is 0.631. The zero-order chi connectivity index (χ0) is 97.8. The lowest BCUT2D eigenvalue weighted by atomic mass is 10.0. The van der Waals surface area contributed by atoms with Crippen LogP contribution in [0.25, 0.3) is 0 Å². The summed E-state index contributed by atoms with van der Waals surface area (Å²) in [7, 11) is 0.